The topological polar surface area (TPSA) is 996 Å². The van der Waals surface area contributed by atoms with Crippen LogP contribution in [0.2, 0.25) is 0 Å². The molecule has 64 heteroatoms. The normalized spacial score (nSPS) is 50.4. The lowest BCUT2D eigenvalue weighted by Crippen LogP contribution is -2.71. The maximum atomic E-state index is 13.4. The molecule has 12 aliphatic rings. The molecule has 0 spiro atoms. The second-order valence-electron chi connectivity index (χ2n) is 36.6. The minimum absolute atomic E-state index is 0.872. The first-order valence-electron chi connectivity index (χ1n) is 46.0. The summed E-state index contributed by atoms with van der Waals surface area (Å²) >= 11 is 0. The van der Waals surface area contributed by atoms with E-state index < -0.39 is 465 Å². The molecule has 1 unspecified atom stereocenters. The zero-order chi connectivity index (χ0) is 106. The molecular weight excluding hydrogens is 1980 g/mol. The molecule has 0 aromatic heterocycles. The van der Waals surface area contributed by atoms with Gasteiger partial charge in [-0.3, -0.25) is 19.2 Å². The Morgan fingerprint density at radius 1 is 0.194 bits per heavy atom. The molecule has 144 heavy (non-hydrogen) atoms. The van der Waals surface area contributed by atoms with Crippen molar-refractivity contribution >= 4 is 23.6 Å². The van der Waals surface area contributed by atoms with Crippen molar-refractivity contribution in [2.45, 2.75) is 403 Å². The van der Waals surface area contributed by atoms with Gasteiger partial charge in [-0.05, 0) is 6.92 Å². The van der Waals surface area contributed by atoms with Crippen LogP contribution in [0.3, 0.4) is 0 Å². The molecule has 60 atom stereocenters. The quantitative estimate of drug-likeness (QED) is 0.0275. The predicted octanol–water partition coefficient (Wildman–Crippen LogP) is -25.6. The third-order valence-corrected chi connectivity index (χ3v) is 26.6. The van der Waals surface area contributed by atoms with Crippen LogP contribution in [0, 0.1) is 0 Å². The standard InChI is InChI=1S/C80H134N4O60/c1-17-37(98)47(108)54(115)73(124-17)122-16-32-65(43(104)33(69(121)125-32)81-18(2)94)136-70-34(82-19(3)95)44(105)62(28(12-91)130-70)139-78-59(120)66(142-80-68(51(112)41(102)25(9-88)129-80)144-72-36(84-21(5)97)46(107)61(27(11-90)132-72)138-77-58(119)53(114)64(30(14-93)134-77)141-75-56(117)49(110)39(100)23(7-86)127-75)42(103)31(135-78)15-123-79-67(50(111)40(101)24(8-87)128-79)143-71-35(83-20(4)96)45(106)60(26(10-89)131-71)137-76-57(118)52(113)63(29(13-92)133-76)140-74-55(116)48(109)38(99)22(6-85)126-74/h17,22-80,85-93,98-121H,6-16H2,1-5H3,(H,81,94)(H,82,95)(H,83,96)(H,84,97)/t17-,22+,23+,24+,25+,26+,27+,28+,29+,30+,31+,32+,33+,34+,35+,36+,37+,38-,39-,40+,41+,42+,43+,44+,45+,46+,47+,48-,49-,50-,51-,52+,53+,54-,55+,56+,57+,58+,59-,60+,61+,62+,63-,64-,65+,66-,67-,68-,69?,70-,71-,72-,73+,74-,75-,76-,77-,78-,79-,80+/m0/s1. The first-order valence-corrected chi connectivity index (χ1v) is 46.0. The Morgan fingerprint density at radius 3 is 0.785 bits per heavy atom. The Hall–Kier alpha value is -4.36. The molecule has 12 saturated heterocycles. The highest BCUT2D eigenvalue weighted by atomic mass is 16.8. The fourth-order valence-corrected chi connectivity index (χ4v) is 18.8. The van der Waals surface area contributed by atoms with Crippen LogP contribution < -0.4 is 21.3 Å². The van der Waals surface area contributed by atoms with Gasteiger partial charge in [-0.15, -0.1) is 0 Å². The average molecular weight is 2110 g/mol. The number of aliphatic hydroxyl groups excluding tert-OH is 33. The van der Waals surface area contributed by atoms with E-state index in [-0.39, 0.29) is 0 Å². The molecule has 37 N–H and O–H groups in total. The van der Waals surface area contributed by atoms with Crippen LogP contribution in [0.4, 0.5) is 0 Å². The van der Waals surface area contributed by atoms with Gasteiger partial charge in [0.15, 0.2) is 75.5 Å². The number of nitrogens with one attached hydrogen (secondary N) is 4. The minimum Gasteiger partial charge on any atom is -0.394 e. The van der Waals surface area contributed by atoms with Crippen LogP contribution in [0.5, 0.6) is 0 Å². The van der Waals surface area contributed by atoms with Gasteiger partial charge in [0.1, 0.15) is 287 Å². The van der Waals surface area contributed by atoms with E-state index in [4.69, 9.17) is 109 Å². The number of amides is 4. The monoisotopic (exact) mass is 2110 g/mol. The maximum absolute atomic E-state index is 13.4. The molecule has 0 saturated carbocycles. The smallest absolute Gasteiger partial charge is 0.217 e. The van der Waals surface area contributed by atoms with Gasteiger partial charge in [-0.1, -0.05) is 0 Å². The molecule has 4 amide bonds. The molecule has 12 aliphatic heterocycles. The lowest BCUT2D eigenvalue weighted by Gasteiger charge is -2.51. The third kappa shape index (κ3) is 25.8. The van der Waals surface area contributed by atoms with E-state index in [0.717, 1.165) is 27.7 Å². The molecule has 0 aliphatic carbocycles. The van der Waals surface area contributed by atoms with Crippen molar-refractivity contribution in [1.29, 1.82) is 0 Å². The Balaban J connectivity index is 0.845. The highest BCUT2D eigenvalue weighted by Gasteiger charge is 2.64. The van der Waals surface area contributed by atoms with Crippen molar-refractivity contribution in [2.75, 3.05) is 72.7 Å². The zero-order valence-electron chi connectivity index (χ0n) is 77.2. The van der Waals surface area contributed by atoms with Crippen LogP contribution in [0.1, 0.15) is 34.6 Å². The number of carbonyl (C=O) groups is 4. The van der Waals surface area contributed by atoms with E-state index in [1.807, 2.05) is 0 Å². The summed E-state index contributed by atoms with van der Waals surface area (Å²) in [6.07, 6.45) is -119. The second kappa shape index (κ2) is 51.6. The largest absolute Gasteiger partial charge is 0.394 e. The van der Waals surface area contributed by atoms with Crippen molar-refractivity contribution in [3.05, 3.63) is 0 Å². The molecule has 0 radical (unpaired) electrons. The van der Waals surface area contributed by atoms with E-state index in [1.54, 1.807) is 0 Å². The van der Waals surface area contributed by atoms with Crippen LogP contribution in [0.25, 0.3) is 0 Å². The van der Waals surface area contributed by atoms with Crippen LogP contribution in [-0.4, -0.2) is 633 Å². The van der Waals surface area contributed by atoms with E-state index >= 15 is 0 Å². The highest BCUT2D eigenvalue weighted by molar-refractivity contribution is 5.74. The van der Waals surface area contributed by atoms with Gasteiger partial charge >= 0.3 is 0 Å². The molecule has 0 aromatic carbocycles. The van der Waals surface area contributed by atoms with Crippen molar-refractivity contribution in [3.63, 3.8) is 0 Å². The molecule has 12 heterocycles. The SMILES string of the molecule is CC(=O)N[C@H]1[C@H](O[C@H]2[C@H](O)[C@@H](NC(C)=O)C(O)O[C@@H]2CO[C@@H]2O[C@@H](C)[C@@H](O)[C@@H](O)[C@@H]2O)O[C@H](CO)[C@@H](O[C@@H]2O[C@H](CO[C@H]3O[C@H](CO)[C@@H](O)[C@H](O)[C@@H]3O[C@@H]3O[C@H](CO)[C@@H](O[C@@H]4O[C@H](CO)[C@H](O[C@@H]5O[C@H](CO)[C@H](O)[C@H](O)[C@H]5O)[C@H](O)[C@H]4O)[C@H](O)[C@H]3NC(C)=O)[C@@H](O)[C@H](O[C@H]3O[C@H](CO)[C@@H](O)[C@H](O)[C@@H]3O[C@@H]3O[C@H](CO)[C@@H](O[C@@H]4O[C@H](CO)[C@H](O[C@@H]5O[C@H](CO)[C@H](O)[C@H](O)[C@H]5O)[C@H](O)[C@H]4O)[C@H](O)[C@H]3NC(C)=O)[C@@H]2O)[C@@H]1O. The van der Waals surface area contributed by atoms with Crippen molar-refractivity contribution < 1.29 is 297 Å². The van der Waals surface area contributed by atoms with E-state index in [1.165, 1.54) is 6.92 Å². The van der Waals surface area contributed by atoms with Gasteiger partial charge in [0.2, 0.25) is 23.6 Å². The number of ether oxygens (including phenoxy) is 23. The molecule has 0 aromatic rings. The summed E-state index contributed by atoms with van der Waals surface area (Å²) in [4.78, 5) is 52.4. The van der Waals surface area contributed by atoms with Crippen molar-refractivity contribution in [2.24, 2.45) is 0 Å². The first kappa shape index (κ1) is 118. The Bertz CT molecular complexity index is 3970. The van der Waals surface area contributed by atoms with Crippen LogP contribution in [-0.2, 0) is 128 Å². The number of rotatable bonds is 37. The van der Waals surface area contributed by atoms with Crippen molar-refractivity contribution in [1.82, 2.24) is 21.3 Å². The summed E-state index contributed by atoms with van der Waals surface area (Å²) < 4.78 is 136. The van der Waals surface area contributed by atoms with Gasteiger partial charge in [0, 0.05) is 27.7 Å². The van der Waals surface area contributed by atoms with Gasteiger partial charge in [0.25, 0.3) is 0 Å². The van der Waals surface area contributed by atoms with Crippen LogP contribution >= 0.6 is 0 Å². The van der Waals surface area contributed by atoms with Gasteiger partial charge in [-0.2, -0.15) is 0 Å². The molecule has 64 nitrogen and oxygen atoms in total. The van der Waals surface area contributed by atoms with E-state index in [9.17, 15) is 188 Å². The maximum Gasteiger partial charge on any atom is 0.217 e. The molecule has 0 bridgehead atoms. The van der Waals surface area contributed by atoms with Crippen LogP contribution in [0.15, 0.2) is 0 Å². The molecular formula is C80H134N4O60. The third-order valence-electron chi connectivity index (χ3n) is 26.6. The summed E-state index contributed by atoms with van der Waals surface area (Å²) in [5.41, 5.74) is 0. The van der Waals surface area contributed by atoms with E-state index in [0.29, 0.717) is 0 Å². The number of hydrogen-bond acceptors (Lipinski definition) is 60. The Kier molecular flexibility index (Phi) is 42.4. The second-order valence-corrected chi connectivity index (χ2v) is 36.6. The summed E-state index contributed by atoms with van der Waals surface area (Å²) in [6.45, 7) is -7.66. The highest BCUT2D eigenvalue weighted by Crippen LogP contribution is 2.43. The first-order chi connectivity index (χ1) is 68.1. The average Bonchev–Trinajstić information content (AvgIpc) is 0.760. The Labute approximate surface area is 814 Å². The summed E-state index contributed by atoms with van der Waals surface area (Å²) in [6, 6.07) is -8.02. The molecule has 12 rings (SSSR count). The summed E-state index contributed by atoms with van der Waals surface area (Å²) in [7, 11) is 0. The van der Waals surface area contributed by atoms with Gasteiger partial charge < -0.3 is 299 Å². The van der Waals surface area contributed by atoms with E-state index in [2.05, 4.69) is 21.3 Å². The predicted molar refractivity (Wildman–Crippen MR) is 440 cm³/mol. The van der Waals surface area contributed by atoms with Gasteiger partial charge in [-0.25, -0.2) is 0 Å². The number of carbonyl (C=O) groups excluding carboxylic acids is 4. The minimum atomic E-state index is -2.70. The molecule has 12 fully saturated rings. The van der Waals surface area contributed by atoms with Gasteiger partial charge in [0.05, 0.1) is 78.8 Å². The lowest BCUT2D eigenvalue weighted by molar-refractivity contribution is -0.400. The number of hydrogen-bond donors (Lipinski definition) is 37. The van der Waals surface area contributed by atoms with Crippen molar-refractivity contribution in [3.8, 4) is 0 Å². The summed E-state index contributed by atoms with van der Waals surface area (Å²) in [5, 5.41) is 379. The summed E-state index contributed by atoms with van der Waals surface area (Å²) in [5.74, 6) is -3.96. The lowest BCUT2D eigenvalue weighted by atomic mass is 9.93. The Morgan fingerprint density at radius 2 is 0.424 bits per heavy atom. The fraction of sp³-hybridized carbons (Fsp3) is 0.950. The fourth-order valence-electron chi connectivity index (χ4n) is 18.8. The number of aliphatic hydroxyl groups is 33. The zero-order valence-corrected chi connectivity index (χ0v) is 77.2. The molecule has 834 valence electrons.